The van der Waals surface area contributed by atoms with E-state index in [2.05, 4.69) is 14.4 Å². The lowest BCUT2D eigenvalue weighted by Gasteiger charge is -1.29. The molecule has 38 valence electrons. The molecule has 4 heteroatoms. The van der Waals surface area contributed by atoms with E-state index in [1.54, 1.807) is 0 Å². The van der Waals surface area contributed by atoms with E-state index >= 15 is 0 Å². The number of hydrogen-bond donors (Lipinski definition) is 0. The van der Waals surface area contributed by atoms with Gasteiger partial charge in [-0.05, 0) is 0 Å². The molecule has 0 fully saturated rings. The van der Waals surface area contributed by atoms with Crippen molar-refractivity contribution in [2.45, 2.75) is 0 Å². The zero-order valence-electron chi connectivity index (χ0n) is 3.09. The van der Waals surface area contributed by atoms with Crippen LogP contribution in [0.3, 0.4) is 0 Å². The summed E-state index contributed by atoms with van der Waals surface area (Å²) in [4.78, 5) is 0. The Labute approximate surface area is 35.8 Å². The van der Waals surface area contributed by atoms with Gasteiger partial charge in [0.1, 0.15) is 7.85 Å². The standard InChI is InChI=1S/C2H3B.3FH/c1-2-3;;;/h2H,1H2;3*1H. The number of rotatable bonds is 0. The van der Waals surface area contributed by atoms with E-state index in [-0.39, 0.29) is 14.1 Å². The van der Waals surface area contributed by atoms with Crippen molar-refractivity contribution in [1.29, 1.82) is 0 Å². The largest absolute Gasteiger partial charge is 0.269 e. The van der Waals surface area contributed by atoms with Gasteiger partial charge in [-0.1, -0.05) is 0 Å². The van der Waals surface area contributed by atoms with Gasteiger partial charge in [-0.3, -0.25) is 14.1 Å². The van der Waals surface area contributed by atoms with E-state index in [0.717, 1.165) is 0 Å². The van der Waals surface area contributed by atoms with Crippen molar-refractivity contribution in [3.8, 4) is 0 Å². The molecule has 0 rings (SSSR count). The molecule has 0 heterocycles. The molecule has 0 saturated heterocycles. The van der Waals surface area contributed by atoms with Gasteiger partial charge in [0, 0.05) is 0 Å². The van der Waals surface area contributed by atoms with Crippen LogP contribution < -0.4 is 0 Å². The monoisotopic (exact) mass is 98.1 g/mol. The van der Waals surface area contributed by atoms with Crippen LogP contribution in [0, 0.1) is 0 Å². The van der Waals surface area contributed by atoms with Gasteiger partial charge in [0.05, 0.1) is 0 Å². The van der Waals surface area contributed by atoms with Crippen LogP contribution in [0.25, 0.3) is 0 Å². The van der Waals surface area contributed by atoms with E-state index in [9.17, 15) is 0 Å². The van der Waals surface area contributed by atoms with E-state index in [1.165, 1.54) is 5.98 Å². The summed E-state index contributed by atoms with van der Waals surface area (Å²) >= 11 is 0. The molecular formula is C2H6BF3. The molecule has 0 saturated carbocycles. The smallest absolute Gasteiger partial charge is 0.102 e. The second-order valence-corrected chi connectivity index (χ2v) is 0.236. The fourth-order valence-electron chi connectivity index (χ4n) is 0. The van der Waals surface area contributed by atoms with E-state index in [0.29, 0.717) is 0 Å². The van der Waals surface area contributed by atoms with Crippen LogP contribution in [0.1, 0.15) is 0 Å². The highest BCUT2D eigenvalue weighted by Crippen LogP contribution is 1.24. The molecular weight excluding hydrogens is 91.8 g/mol. The summed E-state index contributed by atoms with van der Waals surface area (Å²) in [6.45, 7) is 3.14. The van der Waals surface area contributed by atoms with Crippen molar-refractivity contribution in [2.24, 2.45) is 0 Å². The molecule has 6 heavy (non-hydrogen) atoms. The Morgan fingerprint density at radius 2 is 1.17 bits per heavy atom. The van der Waals surface area contributed by atoms with Crippen LogP contribution in [-0.2, 0) is 0 Å². The van der Waals surface area contributed by atoms with Crippen molar-refractivity contribution >= 4 is 7.85 Å². The Morgan fingerprint density at radius 3 is 1.17 bits per heavy atom. The molecule has 0 aromatic carbocycles. The Hall–Kier alpha value is -0.405. The molecule has 0 nitrogen and oxygen atoms in total. The molecule has 0 aliphatic heterocycles. The molecule has 0 amide bonds. The maximum Gasteiger partial charge on any atom is 0.102 e. The number of halogens is 3. The third-order valence-corrected chi connectivity index (χ3v) is 0. The minimum atomic E-state index is 0. The second-order valence-electron chi connectivity index (χ2n) is 0.236. The molecule has 0 aliphatic carbocycles. The number of hydrogen-bond acceptors (Lipinski definition) is 0. The van der Waals surface area contributed by atoms with Gasteiger partial charge in [-0.2, -0.15) is 0 Å². The normalized spacial score (nSPS) is 2.00. The van der Waals surface area contributed by atoms with Gasteiger partial charge < -0.3 is 0 Å². The van der Waals surface area contributed by atoms with Crippen molar-refractivity contribution < 1.29 is 14.1 Å². The summed E-state index contributed by atoms with van der Waals surface area (Å²) in [6.07, 6.45) is 0. The molecule has 0 N–H and O–H groups in total. The van der Waals surface area contributed by atoms with Gasteiger partial charge in [0.25, 0.3) is 0 Å². The highest BCUT2D eigenvalue weighted by atomic mass is 19.0. The first-order valence-electron chi connectivity index (χ1n) is 0.742. The fourth-order valence-corrected chi connectivity index (χ4v) is 0. The predicted octanol–water partition coefficient (Wildman–Crippen LogP) is 0.756. The first-order valence-corrected chi connectivity index (χ1v) is 0.742. The topological polar surface area (TPSA) is 0 Å². The zero-order chi connectivity index (χ0) is 2.71. The molecule has 0 aromatic heterocycles. The predicted molar refractivity (Wildman–Crippen MR) is 23.5 cm³/mol. The van der Waals surface area contributed by atoms with E-state index < -0.39 is 0 Å². The van der Waals surface area contributed by atoms with Crippen molar-refractivity contribution in [2.75, 3.05) is 0 Å². The highest BCUT2D eigenvalue weighted by molar-refractivity contribution is 6.16. The lowest BCUT2D eigenvalue weighted by Crippen LogP contribution is -1.29. The SMILES string of the molecule is F.F.F.[B]C=C. The quantitative estimate of drug-likeness (QED) is 0.392. The molecule has 0 atom stereocenters. The van der Waals surface area contributed by atoms with E-state index in [1.807, 2.05) is 0 Å². The molecule has 0 aliphatic rings. The van der Waals surface area contributed by atoms with E-state index in [4.69, 9.17) is 0 Å². The first kappa shape index (κ1) is 46.4. The Morgan fingerprint density at radius 1 is 1.17 bits per heavy atom. The highest BCUT2D eigenvalue weighted by Gasteiger charge is 1.18. The van der Waals surface area contributed by atoms with Gasteiger partial charge in [-0.25, -0.2) is 0 Å². The van der Waals surface area contributed by atoms with Gasteiger partial charge >= 0.3 is 0 Å². The average molecular weight is 97.9 g/mol. The molecule has 0 aromatic rings. The van der Waals surface area contributed by atoms with Crippen LogP contribution in [0.15, 0.2) is 12.6 Å². The molecule has 0 unspecified atom stereocenters. The average Bonchev–Trinajstić information content (AvgIpc) is 0.918. The summed E-state index contributed by atoms with van der Waals surface area (Å²) in [7, 11) is 4.61. The molecule has 0 bridgehead atoms. The van der Waals surface area contributed by atoms with Crippen molar-refractivity contribution in [3.63, 3.8) is 0 Å². The van der Waals surface area contributed by atoms with Crippen LogP contribution in [0.2, 0.25) is 0 Å². The third-order valence-electron chi connectivity index (χ3n) is 0. The van der Waals surface area contributed by atoms with Crippen LogP contribution in [0.5, 0.6) is 0 Å². The minimum absolute atomic E-state index is 0. The lowest BCUT2D eigenvalue weighted by molar-refractivity contribution is 1.11. The van der Waals surface area contributed by atoms with Crippen molar-refractivity contribution in [3.05, 3.63) is 12.6 Å². The lowest BCUT2D eigenvalue weighted by atomic mass is 10.2. The summed E-state index contributed by atoms with van der Waals surface area (Å²) in [6, 6.07) is 0. The van der Waals surface area contributed by atoms with Crippen molar-refractivity contribution in [1.82, 2.24) is 0 Å². The Balaban J connectivity index is -0.00000000667. The summed E-state index contributed by atoms with van der Waals surface area (Å²) in [5, 5.41) is 0. The summed E-state index contributed by atoms with van der Waals surface area (Å²) in [5.74, 6) is 1.25. The second kappa shape index (κ2) is 168. The molecule has 0 spiro atoms. The Bertz CT molecular complexity index is 16.3. The fraction of sp³-hybridized carbons (Fsp3) is 0. The maximum absolute atomic E-state index is 4.61. The maximum atomic E-state index is 4.61. The minimum Gasteiger partial charge on any atom is -0.269 e. The van der Waals surface area contributed by atoms with Gasteiger partial charge in [0.15, 0.2) is 0 Å². The van der Waals surface area contributed by atoms with Gasteiger partial charge in [-0.15, -0.1) is 12.6 Å². The summed E-state index contributed by atoms with van der Waals surface area (Å²) in [5.41, 5.74) is 0. The van der Waals surface area contributed by atoms with Crippen LogP contribution in [-0.4, -0.2) is 7.85 Å². The zero-order valence-corrected chi connectivity index (χ0v) is 3.09. The Kier molecular flexibility index (Phi) is 1300. The first-order chi connectivity index (χ1) is 1.41. The molecule has 2 radical (unpaired) electrons. The third kappa shape index (κ3) is 148. The van der Waals surface area contributed by atoms with Crippen LogP contribution >= 0.6 is 0 Å². The summed E-state index contributed by atoms with van der Waals surface area (Å²) < 4.78 is 0. The van der Waals surface area contributed by atoms with Gasteiger partial charge in [0.2, 0.25) is 0 Å². The van der Waals surface area contributed by atoms with Crippen LogP contribution in [0.4, 0.5) is 14.1 Å².